The van der Waals surface area contributed by atoms with Gasteiger partial charge < -0.3 is 25.1 Å². The number of nitrogens with zero attached hydrogens (tertiary/aromatic N) is 3. The lowest BCUT2D eigenvalue weighted by molar-refractivity contribution is -0.113. The first-order valence-electron chi connectivity index (χ1n) is 11.2. The summed E-state index contributed by atoms with van der Waals surface area (Å²) < 4.78 is 13.0. The number of amides is 2. The molecule has 2 amide bonds. The van der Waals surface area contributed by atoms with E-state index < -0.39 is 11.9 Å². The molecule has 1 atom stereocenters. The number of hydrogen-bond acceptors (Lipinski definition) is 9. The molecule has 0 spiro atoms. The van der Waals surface area contributed by atoms with Gasteiger partial charge in [-0.15, -0.1) is 21.5 Å². The fourth-order valence-electron chi connectivity index (χ4n) is 3.40. The van der Waals surface area contributed by atoms with Gasteiger partial charge >= 0.3 is 5.97 Å². The van der Waals surface area contributed by atoms with E-state index in [2.05, 4.69) is 15.5 Å². The van der Waals surface area contributed by atoms with Crippen LogP contribution in [-0.2, 0) is 16.6 Å². The second kappa shape index (κ2) is 11.6. The van der Waals surface area contributed by atoms with Crippen LogP contribution in [0.1, 0.15) is 63.9 Å². The van der Waals surface area contributed by atoms with Gasteiger partial charge in [0.25, 0.3) is 5.91 Å². The summed E-state index contributed by atoms with van der Waals surface area (Å²) in [5.74, 6) is -0.356. The van der Waals surface area contributed by atoms with Crippen LogP contribution >= 0.6 is 23.1 Å². The SMILES string of the molecule is Cc1cccc(OC(C)c2nnc(SCC(=O)Nc3sc(C(N)=O)c(C)c3C(=O)OC(C)C)n2C)c1. The molecule has 1 aromatic carbocycles. The number of benzene rings is 1. The molecule has 3 N–H and O–H groups in total. The van der Waals surface area contributed by atoms with Crippen molar-refractivity contribution in [3.63, 3.8) is 0 Å². The number of primary amides is 1. The van der Waals surface area contributed by atoms with Crippen molar-refractivity contribution >= 4 is 45.9 Å². The third-order valence-corrected chi connectivity index (χ3v) is 7.28. The van der Waals surface area contributed by atoms with Crippen molar-refractivity contribution < 1.29 is 23.9 Å². The lowest BCUT2D eigenvalue weighted by atomic mass is 10.1. The molecule has 0 fully saturated rings. The predicted octanol–water partition coefficient (Wildman–Crippen LogP) is 4.03. The molecule has 0 aliphatic heterocycles. The summed E-state index contributed by atoms with van der Waals surface area (Å²) in [6.45, 7) is 8.89. The minimum Gasteiger partial charge on any atom is -0.483 e. The number of carbonyl (C=O) groups excluding carboxylic acids is 3. The summed E-state index contributed by atoms with van der Waals surface area (Å²) in [6, 6.07) is 7.72. The van der Waals surface area contributed by atoms with Gasteiger partial charge in [-0.25, -0.2) is 4.79 Å². The summed E-state index contributed by atoms with van der Waals surface area (Å²) in [5.41, 5.74) is 7.03. The van der Waals surface area contributed by atoms with Crippen molar-refractivity contribution in [2.24, 2.45) is 12.8 Å². The highest BCUT2D eigenvalue weighted by atomic mass is 32.2. The van der Waals surface area contributed by atoms with E-state index in [-0.39, 0.29) is 39.3 Å². The van der Waals surface area contributed by atoms with E-state index in [1.165, 1.54) is 11.8 Å². The maximum Gasteiger partial charge on any atom is 0.341 e. The molecule has 3 rings (SSSR count). The van der Waals surface area contributed by atoms with Crippen LogP contribution in [0.4, 0.5) is 5.00 Å². The molecular formula is C24H29N5O5S2. The maximum absolute atomic E-state index is 12.7. The van der Waals surface area contributed by atoms with E-state index in [9.17, 15) is 14.4 Å². The molecule has 0 aliphatic carbocycles. The Morgan fingerprint density at radius 3 is 2.56 bits per heavy atom. The van der Waals surface area contributed by atoms with Crippen molar-refractivity contribution in [3.8, 4) is 5.75 Å². The molecule has 10 nitrogen and oxygen atoms in total. The van der Waals surface area contributed by atoms with Crippen LogP contribution in [-0.4, -0.2) is 44.4 Å². The molecule has 0 saturated heterocycles. The third-order valence-electron chi connectivity index (χ3n) is 5.04. The standard InChI is InChI=1S/C24H29N5O5S2/c1-12(2)33-23(32)18-14(4)19(20(25)31)36-22(18)26-17(30)11-35-24-28-27-21(29(24)6)15(5)34-16-9-7-8-13(3)10-16/h7-10,12,15H,11H2,1-6H3,(H2,25,31)(H,26,30). The van der Waals surface area contributed by atoms with Gasteiger partial charge in [-0.05, 0) is 57.9 Å². The van der Waals surface area contributed by atoms with Gasteiger partial charge in [-0.1, -0.05) is 23.9 Å². The molecule has 3 aromatic rings. The van der Waals surface area contributed by atoms with Gasteiger partial charge in [0.1, 0.15) is 10.8 Å². The Balaban J connectivity index is 1.68. The van der Waals surface area contributed by atoms with Gasteiger partial charge in [0.05, 0.1) is 22.3 Å². The Kier molecular flexibility index (Phi) is 8.75. The van der Waals surface area contributed by atoms with Crippen molar-refractivity contribution in [1.29, 1.82) is 0 Å². The highest BCUT2D eigenvalue weighted by molar-refractivity contribution is 7.99. The molecule has 0 radical (unpaired) electrons. The van der Waals surface area contributed by atoms with Crippen molar-refractivity contribution in [2.75, 3.05) is 11.1 Å². The Morgan fingerprint density at radius 2 is 1.92 bits per heavy atom. The van der Waals surface area contributed by atoms with Gasteiger partial charge in [-0.3, -0.25) is 9.59 Å². The summed E-state index contributed by atoms with van der Waals surface area (Å²) in [5, 5.41) is 11.9. The number of ether oxygens (including phenoxy) is 2. The highest BCUT2D eigenvalue weighted by Gasteiger charge is 2.26. The number of thioether (sulfide) groups is 1. The monoisotopic (exact) mass is 531 g/mol. The van der Waals surface area contributed by atoms with Crippen LogP contribution < -0.4 is 15.8 Å². The van der Waals surface area contributed by atoms with Crippen LogP contribution in [0, 0.1) is 13.8 Å². The zero-order valence-electron chi connectivity index (χ0n) is 20.9. The van der Waals surface area contributed by atoms with Crippen LogP contribution in [0.25, 0.3) is 0 Å². The molecule has 192 valence electrons. The zero-order chi connectivity index (χ0) is 26.6. The van der Waals surface area contributed by atoms with Crippen molar-refractivity contribution in [2.45, 2.75) is 52.0 Å². The second-order valence-corrected chi connectivity index (χ2v) is 10.4. The minimum absolute atomic E-state index is 0.000607. The van der Waals surface area contributed by atoms with E-state index >= 15 is 0 Å². The van der Waals surface area contributed by atoms with Crippen LogP contribution in [0.3, 0.4) is 0 Å². The summed E-state index contributed by atoms with van der Waals surface area (Å²) in [7, 11) is 1.80. The van der Waals surface area contributed by atoms with Gasteiger partial charge in [-0.2, -0.15) is 0 Å². The number of anilines is 1. The normalized spacial score (nSPS) is 11.9. The number of aromatic nitrogens is 3. The predicted molar refractivity (Wildman–Crippen MR) is 139 cm³/mol. The smallest absolute Gasteiger partial charge is 0.341 e. The number of nitrogens with one attached hydrogen (secondary N) is 1. The summed E-state index contributed by atoms with van der Waals surface area (Å²) in [6.07, 6.45) is -0.723. The number of carbonyl (C=O) groups is 3. The Bertz CT molecular complexity index is 1280. The molecule has 1 unspecified atom stereocenters. The fraction of sp³-hybridized carbons (Fsp3) is 0.375. The first-order chi connectivity index (χ1) is 17.0. The van der Waals surface area contributed by atoms with Gasteiger partial charge in [0.15, 0.2) is 17.1 Å². The molecule has 12 heteroatoms. The third kappa shape index (κ3) is 6.43. The Morgan fingerprint density at radius 1 is 1.19 bits per heavy atom. The van der Waals surface area contributed by atoms with E-state index in [1.807, 2.05) is 38.1 Å². The van der Waals surface area contributed by atoms with E-state index in [0.717, 1.165) is 22.6 Å². The summed E-state index contributed by atoms with van der Waals surface area (Å²) in [4.78, 5) is 37.3. The topological polar surface area (TPSA) is 138 Å². The quantitative estimate of drug-likeness (QED) is 0.295. The van der Waals surface area contributed by atoms with Gasteiger partial charge in [0, 0.05) is 7.05 Å². The number of thiophene rings is 1. The molecule has 2 heterocycles. The number of rotatable bonds is 10. The van der Waals surface area contributed by atoms with Crippen molar-refractivity contribution in [1.82, 2.24) is 14.8 Å². The summed E-state index contributed by atoms with van der Waals surface area (Å²) >= 11 is 2.13. The van der Waals surface area contributed by atoms with E-state index in [0.29, 0.717) is 16.5 Å². The van der Waals surface area contributed by atoms with Gasteiger partial charge in [0.2, 0.25) is 5.91 Å². The average Bonchev–Trinajstić information content (AvgIpc) is 3.31. The van der Waals surface area contributed by atoms with Crippen LogP contribution in [0.2, 0.25) is 0 Å². The molecule has 2 aromatic heterocycles. The first kappa shape index (κ1) is 27.2. The molecule has 36 heavy (non-hydrogen) atoms. The maximum atomic E-state index is 12.7. The average molecular weight is 532 g/mol. The Hall–Kier alpha value is -3.38. The number of aryl methyl sites for hydroxylation is 1. The van der Waals surface area contributed by atoms with Crippen LogP contribution in [0.5, 0.6) is 5.75 Å². The largest absolute Gasteiger partial charge is 0.483 e. The first-order valence-corrected chi connectivity index (χ1v) is 13.0. The molecule has 0 bridgehead atoms. The number of esters is 1. The lowest BCUT2D eigenvalue weighted by Gasteiger charge is -2.14. The lowest BCUT2D eigenvalue weighted by Crippen LogP contribution is -2.18. The number of hydrogen-bond donors (Lipinski definition) is 2. The minimum atomic E-state index is -0.681. The van der Waals surface area contributed by atoms with Crippen molar-refractivity contribution in [3.05, 3.63) is 51.7 Å². The second-order valence-electron chi connectivity index (χ2n) is 8.39. The van der Waals surface area contributed by atoms with Crippen LogP contribution in [0.15, 0.2) is 29.4 Å². The van der Waals surface area contributed by atoms with E-state index in [4.69, 9.17) is 15.2 Å². The number of nitrogens with two attached hydrogens (primary N) is 1. The zero-order valence-corrected chi connectivity index (χ0v) is 22.6. The highest BCUT2D eigenvalue weighted by Crippen LogP contribution is 2.34. The van der Waals surface area contributed by atoms with E-state index in [1.54, 1.807) is 32.4 Å². The molecule has 0 saturated carbocycles. The fourth-order valence-corrected chi connectivity index (χ4v) is 5.18. The molecular weight excluding hydrogens is 502 g/mol. The Labute approximate surface area is 217 Å². The molecule has 0 aliphatic rings.